The van der Waals surface area contributed by atoms with Crippen molar-refractivity contribution in [2.75, 3.05) is 34.0 Å². The minimum Gasteiger partial charge on any atom is -0.385 e. The van der Waals surface area contributed by atoms with Crippen molar-refractivity contribution in [2.24, 2.45) is 0 Å². The minimum absolute atomic E-state index is 0.218. The quantitative estimate of drug-likeness (QED) is 0.545. The number of ether oxygens (including phenoxy) is 2. The molecule has 1 aromatic rings. The van der Waals surface area contributed by atoms with E-state index >= 15 is 0 Å². The van der Waals surface area contributed by atoms with Gasteiger partial charge in [0.2, 0.25) is 0 Å². The summed E-state index contributed by atoms with van der Waals surface area (Å²) in [6.45, 7) is 5.23. The maximum Gasteiger partial charge on any atom is 0.163 e. The van der Waals surface area contributed by atoms with Crippen LogP contribution in [-0.2, 0) is 16.0 Å². The molecule has 0 unspecified atom stereocenters. The summed E-state index contributed by atoms with van der Waals surface area (Å²) in [4.78, 5) is 14.8. The van der Waals surface area contributed by atoms with E-state index in [2.05, 4.69) is 30.1 Å². The van der Waals surface area contributed by atoms with Gasteiger partial charge in [-0.3, -0.25) is 9.69 Å². The van der Waals surface area contributed by atoms with Crippen molar-refractivity contribution in [2.45, 2.75) is 45.2 Å². The van der Waals surface area contributed by atoms with E-state index in [0.717, 1.165) is 50.1 Å². The number of hydrogen-bond donors (Lipinski definition) is 0. The Bertz CT molecular complexity index is 509. The summed E-state index contributed by atoms with van der Waals surface area (Å²) >= 11 is 0. The maximum absolute atomic E-state index is 12.4. The molecule has 0 atom stereocenters. The molecule has 4 heteroatoms. The van der Waals surface area contributed by atoms with Gasteiger partial charge in [-0.15, -0.1) is 0 Å². The molecule has 1 heterocycles. The predicted molar refractivity (Wildman–Crippen MR) is 91.9 cm³/mol. The van der Waals surface area contributed by atoms with Crippen molar-refractivity contribution in [1.82, 2.24) is 4.90 Å². The summed E-state index contributed by atoms with van der Waals surface area (Å²) < 4.78 is 10.5. The molecule has 1 aliphatic heterocycles. The fraction of sp³-hybridized carbons (Fsp3) is 0.632. The Morgan fingerprint density at radius 2 is 2.09 bits per heavy atom. The zero-order chi connectivity index (χ0) is 16.7. The lowest BCUT2D eigenvalue weighted by Crippen LogP contribution is -2.36. The molecule has 0 aliphatic carbocycles. The standard InChI is InChI=1S/C19H29NO3/c1-15-6-7-16(13-18(15)19(21)5-4-10-22-3)14-20(2)17-8-11-23-12-9-17/h6-7,13,17H,4-5,8-12,14H2,1-3H3. The average molecular weight is 319 g/mol. The lowest BCUT2D eigenvalue weighted by atomic mass is 9.98. The van der Waals surface area contributed by atoms with Crippen LogP contribution in [0.5, 0.6) is 0 Å². The molecule has 0 spiro atoms. The van der Waals surface area contributed by atoms with Gasteiger partial charge in [0, 0.05) is 51.5 Å². The fourth-order valence-electron chi connectivity index (χ4n) is 3.12. The lowest BCUT2D eigenvalue weighted by molar-refractivity contribution is 0.0407. The number of nitrogens with zero attached hydrogens (tertiary/aromatic N) is 1. The Hall–Kier alpha value is -1.23. The number of rotatable bonds is 8. The number of hydrogen-bond acceptors (Lipinski definition) is 4. The van der Waals surface area contributed by atoms with Gasteiger partial charge in [-0.2, -0.15) is 0 Å². The van der Waals surface area contributed by atoms with Crippen LogP contribution in [-0.4, -0.2) is 50.7 Å². The molecule has 1 saturated heterocycles. The van der Waals surface area contributed by atoms with Crippen molar-refractivity contribution < 1.29 is 14.3 Å². The number of Topliss-reactive ketones (excluding diaryl/α,β-unsaturated/α-hetero) is 1. The summed E-state index contributed by atoms with van der Waals surface area (Å²) in [5, 5.41) is 0. The molecule has 2 rings (SSSR count). The van der Waals surface area contributed by atoms with Crippen LogP contribution in [0.15, 0.2) is 18.2 Å². The van der Waals surface area contributed by atoms with E-state index in [9.17, 15) is 4.79 Å². The van der Waals surface area contributed by atoms with Gasteiger partial charge in [0.15, 0.2) is 5.78 Å². The van der Waals surface area contributed by atoms with E-state index in [4.69, 9.17) is 9.47 Å². The second kappa shape index (κ2) is 9.16. The molecule has 1 aliphatic rings. The summed E-state index contributed by atoms with van der Waals surface area (Å²) in [5.41, 5.74) is 3.13. The second-order valence-electron chi connectivity index (χ2n) is 6.43. The van der Waals surface area contributed by atoms with Gasteiger partial charge in [0.25, 0.3) is 0 Å². The monoisotopic (exact) mass is 319 g/mol. The average Bonchev–Trinajstić information content (AvgIpc) is 2.57. The SMILES string of the molecule is COCCCC(=O)c1cc(CN(C)C2CCOCC2)ccc1C. The highest BCUT2D eigenvalue weighted by atomic mass is 16.5. The number of benzene rings is 1. The summed E-state index contributed by atoms with van der Waals surface area (Å²) in [6.07, 6.45) is 3.51. The normalized spacial score (nSPS) is 16.0. The fourth-order valence-corrected chi connectivity index (χ4v) is 3.12. The first kappa shape index (κ1) is 18.1. The molecule has 0 bridgehead atoms. The zero-order valence-corrected chi connectivity index (χ0v) is 14.6. The molecule has 1 fully saturated rings. The maximum atomic E-state index is 12.4. The van der Waals surface area contributed by atoms with Crippen LogP contribution in [0, 0.1) is 6.92 Å². The Morgan fingerprint density at radius 3 is 2.78 bits per heavy atom. The van der Waals surface area contributed by atoms with Gasteiger partial charge in [0.05, 0.1) is 0 Å². The number of methoxy groups -OCH3 is 1. The predicted octanol–water partition coefficient (Wildman–Crippen LogP) is 3.22. The third-order valence-corrected chi connectivity index (χ3v) is 4.60. The van der Waals surface area contributed by atoms with E-state index in [1.165, 1.54) is 5.56 Å². The summed E-state index contributed by atoms with van der Waals surface area (Å²) in [6, 6.07) is 6.85. The van der Waals surface area contributed by atoms with E-state index in [-0.39, 0.29) is 5.78 Å². The van der Waals surface area contributed by atoms with Gasteiger partial charge in [-0.25, -0.2) is 0 Å². The first-order chi connectivity index (χ1) is 11.1. The molecule has 4 nitrogen and oxygen atoms in total. The van der Waals surface area contributed by atoms with E-state index in [1.807, 2.05) is 6.92 Å². The molecule has 0 saturated carbocycles. The van der Waals surface area contributed by atoms with E-state index in [0.29, 0.717) is 19.1 Å². The molecule has 23 heavy (non-hydrogen) atoms. The zero-order valence-electron chi connectivity index (χ0n) is 14.6. The highest BCUT2D eigenvalue weighted by Crippen LogP contribution is 2.19. The van der Waals surface area contributed by atoms with Crippen LogP contribution in [0.4, 0.5) is 0 Å². The van der Waals surface area contributed by atoms with Crippen LogP contribution in [0.3, 0.4) is 0 Å². The number of carbonyl (C=O) groups excluding carboxylic acids is 1. The largest absolute Gasteiger partial charge is 0.385 e. The Kier molecular flexibility index (Phi) is 7.21. The van der Waals surface area contributed by atoms with Crippen LogP contribution in [0.1, 0.15) is 47.2 Å². The molecule has 1 aromatic carbocycles. The van der Waals surface area contributed by atoms with Gasteiger partial charge < -0.3 is 9.47 Å². The van der Waals surface area contributed by atoms with E-state index in [1.54, 1.807) is 7.11 Å². The molecule has 128 valence electrons. The first-order valence-electron chi connectivity index (χ1n) is 8.51. The van der Waals surface area contributed by atoms with Gasteiger partial charge in [-0.1, -0.05) is 12.1 Å². The van der Waals surface area contributed by atoms with Crippen molar-refractivity contribution in [3.63, 3.8) is 0 Å². The first-order valence-corrected chi connectivity index (χ1v) is 8.51. The molecular formula is C19H29NO3. The second-order valence-corrected chi connectivity index (χ2v) is 6.43. The third-order valence-electron chi connectivity index (χ3n) is 4.60. The Balaban J connectivity index is 1.99. The summed E-state index contributed by atoms with van der Waals surface area (Å²) in [5.74, 6) is 0.218. The van der Waals surface area contributed by atoms with Gasteiger partial charge in [0.1, 0.15) is 0 Å². The Morgan fingerprint density at radius 1 is 1.35 bits per heavy atom. The molecule has 0 aromatic heterocycles. The molecular weight excluding hydrogens is 290 g/mol. The smallest absolute Gasteiger partial charge is 0.163 e. The third kappa shape index (κ3) is 5.41. The highest BCUT2D eigenvalue weighted by Gasteiger charge is 2.19. The Labute approximate surface area is 139 Å². The minimum atomic E-state index is 0.218. The summed E-state index contributed by atoms with van der Waals surface area (Å²) in [7, 11) is 3.83. The van der Waals surface area contributed by atoms with Gasteiger partial charge >= 0.3 is 0 Å². The van der Waals surface area contributed by atoms with Crippen molar-refractivity contribution in [1.29, 1.82) is 0 Å². The van der Waals surface area contributed by atoms with Crippen molar-refractivity contribution in [3.05, 3.63) is 34.9 Å². The molecule has 0 amide bonds. The number of ketones is 1. The topological polar surface area (TPSA) is 38.8 Å². The van der Waals surface area contributed by atoms with Gasteiger partial charge in [-0.05, 0) is 50.4 Å². The molecule has 0 N–H and O–H groups in total. The lowest BCUT2D eigenvalue weighted by Gasteiger charge is -2.31. The van der Waals surface area contributed by atoms with Crippen LogP contribution >= 0.6 is 0 Å². The van der Waals surface area contributed by atoms with Crippen molar-refractivity contribution in [3.8, 4) is 0 Å². The number of carbonyl (C=O) groups is 1. The van der Waals surface area contributed by atoms with Crippen LogP contribution in [0.25, 0.3) is 0 Å². The molecule has 0 radical (unpaired) electrons. The van der Waals surface area contributed by atoms with Crippen LogP contribution < -0.4 is 0 Å². The van der Waals surface area contributed by atoms with E-state index < -0.39 is 0 Å². The van der Waals surface area contributed by atoms with Crippen molar-refractivity contribution >= 4 is 5.78 Å². The highest BCUT2D eigenvalue weighted by molar-refractivity contribution is 5.97. The number of aryl methyl sites for hydroxylation is 1. The van der Waals surface area contributed by atoms with Crippen LogP contribution in [0.2, 0.25) is 0 Å².